The number of likely N-dealkylation sites (N-methyl/N-ethyl adjacent to an activating group) is 1. The molecule has 2 heterocycles. The first-order chi connectivity index (χ1) is 9.61. The number of para-hydroxylation sites is 1. The fourth-order valence-corrected chi connectivity index (χ4v) is 2.41. The van der Waals surface area contributed by atoms with Crippen molar-refractivity contribution in [2.45, 2.75) is 6.54 Å². The molecule has 1 aliphatic rings. The highest BCUT2D eigenvalue weighted by atomic mass is 16.2. The van der Waals surface area contributed by atoms with Crippen LogP contribution >= 0.6 is 0 Å². The van der Waals surface area contributed by atoms with Gasteiger partial charge in [-0.05, 0) is 12.1 Å². The van der Waals surface area contributed by atoms with Crippen molar-refractivity contribution in [3.8, 4) is 0 Å². The van der Waals surface area contributed by atoms with Gasteiger partial charge in [-0.1, -0.05) is 18.2 Å². The van der Waals surface area contributed by atoms with E-state index in [0.717, 1.165) is 15.8 Å². The third-order valence-electron chi connectivity index (χ3n) is 3.45. The Morgan fingerprint density at radius 2 is 2.05 bits per heavy atom. The summed E-state index contributed by atoms with van der Waals surface area (Å²) in [5.41, 5.74) is 1.29. The fraction of sp³-hybridized carbons (Fsp3) is 0.214. The van der Waals surface area contributed by atoms with Crippen LogP contribution in [0.2, 0.25) is 0 Å². The second kappa shape index (κ2) is 4.48. The highest BCUT2D eigenvalue weighted by Crippen LogP contribution is 2.24. The topological polar surface area (TPSA) is 71.4 Å². The van der Waals surface area contributed by atoms with Crippen LogP contribution in [-0.2, 0) is 16.1 Å². The first kappa shape index (κ1) is 12.4. The van der Waals surface area contributed by atoms with Gasteiger partial charge in [0, 0.05) is 18.0 Å². The third-order valence-corrected chi connectivity index (χ3v) is 3.45. The summed E-state index contributed by atoms with van der Waals surface area (Å²) >= 11 is 0. The molecule has 2 aromatic rings. The minimum absolute atomic E-state index is 0.0750. The van der Waals surface area contributed by atoms with Gasteiger partial charge in [-0.15, -0.1) is 0 Å². The summed E-state index contributed by atoms with van der Waals surface area (Å²) < 4.78 is 1.69. The monoisotopic (exact) mass is 271 g/mol. The van der Waals surface area contributed by atoms with Crippen molar-refractivity contribution in [1.82, 2.24) is 14.8 Å². The van der Waals surface area contributed by atoms with Crippen LogP contribution in [0, 0.1) is 0 Å². The van der Waals surface area contributed by atoms with Crippen LogP contribution < -0.4 is 5.32 Å². The van der Waals surface area contributed by atoms with Crippen molar-refractivity contribution in [1.29, 1.82) is 0 Å². The second-order valence-electron chi connectivity index (χ2n) is 4.63. The van der Waals surface area contributed by atoms with Crippen molar-refractivity contribution >= 4 is 28.6 Å². The first-order valence-corrected chi connectivity index (χ1v) is 6.25. The molecule has 1 aromatic heterocycles. The average Bonchev–Trinajstić information content (AvgIpc) is 2.82. The molecule has 6 heteroatoms. The van der Waals surface area contributed by atoms with Crippen LogP contribution in [0.5, 0.6) is 0 Å². The van der Waals surface area contributed by atoms with Gasteiger partial charge in [-0.2, -0.15) is 0 Å². The molecular weight excluding hydrogens is 258 g/mol. The van der Waals surface area contributed by atoms with Crippen LogP contribution in [-0.4, -0.2) is 40.8 Å². The summed E-state index contributed by atoms with van der Waals surface area (Å²) in [6.07, 6.45) is 0. The summed E-state index contributed by atoms with van der Waals surface area (Å²) in [7, 11) is 1.47. The molecule has 1 aromatic carbocycles. The van der Waals surface area contributed by atoms with Crippen LogP contribution in [0.15, 0.2) is 30.3 Å². The number of carbonyl (C=O) groups excluding carboxylic acids is 3. The maximum atomic E-state index is 12.4. The van der Waals surface area contributed by atoms with Gasteiger partial charge in [0.05, 0.1) is 0 Å². The molecular formula is C14H13N3O3. The van der Waals surface area contributed by atoms with Crippen LogP contribution in [0.1, 0.15) is 10.5 Å². The number of rotatable bonds is 2. The van der Waals surface area contributed by atoms with E-state index < -0.39 is 5.91 Å². The molecule has 3 amide bonds. The maximum Gasteiger partial charge on any atom is 0.277 e. The van der Waals surface area contributed by atoms with E-state index in [9.17, 15) is 14.4 Å². The molecule has 0 unspecified atom stereocenters. The van der Waals surface area contributed by atoms with Gasteiger partial charge in [-0.3, -0.25) is 19.3 Å². The van der Waals surface area contributed by atoms with E-state index in [2.05, 4.69) is 5.32 Å². The predicted molar refractivity (Wildman–Crippen MR) is 72.0 cm³/mol. The highest BCUT2D eigenvalue weighted by molar-refractivity contribution is 6.10. The molecule has 1 N–H and O–H groups in total. The quantitative estimate of drug-likeness (QED) is 0.802. The normalized spacial score (nSPS) is 14.6. The number of hydrogen-bond acceptors (Lipinski definition) is 3. The Balaban J connectivity index is 2.05. The molecule has 102 valence electrons. The number of carbonyl (C=O) groups is 3. The van der Waals surface area contributed by atoms with Gasteiger partial charge < -0.3 is 9.88 Å². The molecule has 0 spiro atoms. The van der Waals surface area contributed by atoms with Crippen LogP contribution in [0.4, 0.5) is 0 Å². The number of amides is 3. The zero-order valence-corrected chi connectivity index (χ0v) is 10.9. The average molecular weight is 271 g/mol. The molecule has 0 radical (unpaired) electrons. The van der Waals surface area contributed by atoms with E-state index in [1.165, 1.54) is 7.05 Å². The van der Waals surface area contributed by atoms with Crippen molar-refractivity contribution in [3.63, 3.8) is 0 Å². The SMILES string of the molecule is CNC(=O)CN1C(=O)Cn2c(cc3ccccc32)C1=O. The number of nitrogens with zero attached hydrogens (tertiary/aromatic N) is 2. The van der Waals surface area contributed by atoms with Crippen molar-refractivity contribution in [2.24, 2.45) is 0 Å². The van der Waals surface area contributed by atoms with Crippen LogP contribution in [0.25, 0.3) is 10.9 Å². The van der Waals surface area contributed by atoms with Gasteiger partial charge in [0.25, 0.3) is 5.91 Å². The number of benzene rings is 1. The van der Waals surface area contributed by atoms with Gasteiger partial charge in [0.2, 0.25) is 11.8 Å². The Bertz CT molecular complexity index is 732. The zero-order valence-electron chi connectivity index (χ0n) is 10.9. The molecule has 0 aliphatic carbocycles. The number of hydrogen-bond donors (Lipinski definition) is 1. The van der Waals surface area contributed by atoms with E-state index in [-0.39, 0.29) is 24.9 Å². The Labute approximate surface area is 115 Å². The summed E-state index contributed by atoms with van der Waals surface area (Å²) in [5.74, 6) is -1.16. The molecule has 1 aliphatic heterocycles. The minimum Gasteiger partial charge on any atom is -0.358 e. The largest absolute Gasteiger partial charge is 0.358 e. The van der Waals surface area contributed by atoms with E-state index >= 15 is 0 Å². The lowest BCUT2D eigenvalue weighted by molar-refractivity contribution is -0.134. The fourth-order valence-electron chi connectivity index (χ4n) is 2.41. The smallest absolute Gasteiger partial charge is 0.277 e. The summed E-state index contributed by atoms with van der Waals surface area (Å²) in [6, 6.07) is 9.25. The summed E-state index contributed by atoms with van der Waals surface area (Å²) in [4.78, 5) is 36.8. The molecule has 0 atom stereocenters. The Kier molecular flexibility index (Phi) is 2.78. The second-order valence-corrected chi connectivity index (χ2v) is 4.63. The van der Waals surface area contributed by atoms with Gasteiger partial charge in [0.15, 0.2) is 0 Å². The van der Waals surface area contributed by atoms with Crippen molar-refractivity contribution in [2.75, 3.05) is 13.6 Å². The first-order valence-electron chi connectivity index (χ1n) is 6.25. The number of nitrogens with one attached hydrogen (secondary N) is 1. The van der Waals surface area contributed by atoms with Crippen molar-refractivity contribution in [3.05, 3.63) is 36.0 Å². The summed E-state index contributed by atoms with van der Waals surface area (Å²) in [6.45, 7) is -0.165. The summed E-state index contributed by atoms with van der Waals surface area (Å²) in [5, 5.41) is 3.32. The highest BCUT2D eigenvalue weighted by Gasteiger charge is 2.33. The Morgan fingerprint density at radius 1 is 1.30 bits per heavy atom. The molecule has 20 heavy (non-hydrogen) atoms. The van der Waals surface area contributed by atoms with Gasteiger partial charge in [-0.25, -0.2) is 0 Å². The predicted octanol–water partition coefficient (Wildman–Crippen LogP) is 0.370. The molecule has 0 saturated carbocycles. The lowest BCUT2D eigenvalue weighted by Crippen LogP contribution is -2.48. The third kappa shape index (κ3) is 1.77. The van der Waals surface area contributed by atoms with Gasteiger partial charge in [0.1, 0.15) is 18.8 Å². The van der Waals surface area contributed by atoms with E-state index in [1.54, 1.807) is 10.6 Å². The van der Waals surface area contributed by atoms with E-state index in [0.29, 0.717) is 5.69 Å². The van der Waals surface area contributed by atoms with Crippen molar-refractivity contribution < 1.29 is 14.4 Å². The molecule has 0 bridgehead atoms. The Morgan fingerprint density at radius 3 is 2.80 bits per heavy atom. The van der Waals surface area contributed by atoms with Gasteiger partial charge >= 0.3 is 0 Å². The standard InChI is InChI=1S/C14H13N3O3/c1-15-12(18)7-17-13(19)8-16-10-5-3-2-4-9(10)6-11(16)14(17)20/h2-6H,7-8H2,1H3,(H,15,18). The van der Waals surface area contributed by atoms with E-state index in [4.69, 9.17) is 0 Å². The number of aromatic nitrogens is 1. The number of imide groups is 1. The lowest BCUT2D eigenvalue weighted by Gasteiger charge is -2.26. The Hall–Kier alpha value is -2.63. The van der Waals surface area contributed by atoms with E-state index in [1.807, 2.05) is 24.3 Å². The molecule has 0 fully saturated rings. The molecule has 3 rings (SSSR count). The minimum atomic E-state index is -0.430. The zero-order chi connectivity index (χ0) is 14.3. The maximum absolute atomic E-state index is 12.4. The number of fused-ring (bicyclic) bond motifs is 3. The molecule has 6 nitrogen and oxygen atoms in total. The van der Waals surface area contributed by atoms with Crippen LogP contribution in [0.3, 0.4) is 0 Å². The lowest BCUT2D eigenvalue weighted by atomic mass is 10.2. The molecule has 0 saturated heterocycles.